The molecule has 0 unspecified atom stereocenters. The van der Waals surface area contributed by atoms with Gasteiger partial charge in [-0.3, -0.25) is 0 Å². The van der Waals surface area contributed by atoms with E-state index in [9.17, 15) is 21.6 Å². The monoisotopic (exact) mass is 322 g/mol. The molecule has 0 N–H and O–H groups in total. The van der Waals surface area contributed by atoms with Crippen LogP contribution in [0.2, 0.25) is 0 Å². The van der Waals surface area contributed by atoms with Crippen molar-refractivity contribution in [2.24, 2.45) is 0 Å². The molecule has 1 aliphatic carbocycles. The molecule has 3 nitrogen and oxygen atoms in total. The summed E-state index contributed by atoms with van der Waals surface area (Å²) in [5.74, 6) is -0.0401. The zero-order valence-electron chi connectivity index (χ0n) is 11.4. The fraction of sp³-hybridized carbons (Fsp3) is 0.571. The Hall–Kier alpha value is -1.24. The number of para-hydroxylation sites is 1. The van der Waals surface area contributed by atoms with Gasteiger partial charge in [0.05, 0.1) is 0 Å². The average molecular weight is 322 g/mol. The summed E-state index contributed by atoms with van der Waals surface area (Å²) in [7, 11) is -5.33. The van der Waals surface area contributed by atoms with Gasteiger partial charge < -0.3 is 4.18 Å². The molecule has 0 bridgehead atoms. The van der Waals surface area contributed by atoms with E-state index in [1.807, 2.05) is 0 Å². The van der Waals surface area contributed by atoms with E-state index >= 15 is 0 Å². The molecule has 1 aromatic carbocycles. The van der Waals surface area contributed by atoms with Crippen LogP contribution in [-0.2, 0) is 10.1 Å². The van der Waals surface area contributed by atoms with Gasteiger partial charge in [-0.2, -0.15) is 17.2 Å². The molecule has 21 heavy (non-hydrogen) atoms. The average Bonchev–Trinajstić information content (AvgIpc) is 2.48. The van der Waals surface area contributed by atoms with E-state index in [4.69, 9.17) is 0 Å². The van der Waals surface area contributed by atoms with Gasteiger partial charge in [0.25, 0.3) is 0 Å². The van der Waals surface area contributed by atoms with Gasteiger partial charge in [0.2, 0.25) is 0 Å². The minimum Gasteiger partial charge on any atom is -0.378 e. The highest BCUT2D eigenvalue weighted by molar-refractivity contribution is 7.88. The van der Waals surface area contributed by atoms with Crippen LogP contribution in [-0.4, -0.2) is 20.3 Å². The number of hydrogen-bond acceptors (Lipinski definition) is 3. The Morgan fingerprint density at radius 2 is 1.76 bits per heavy atom. The Balaban J connectivity index is 2.28. The van der Waals surface area contributed by atoms with E-state index < -0.39 is 22.0 Å². The first kappa shape index (κ1) is 16.1. The number of halogens is 3. The van der Waals surface area contributed by atoms with Gasteiger partial charge in [-0.05, 0) is 30.4 Å². The quantitative estimate of drug-likeness (QED) is 0.770. The zero-order chi connectivity index (χ0) is 15.5. The second kappa shape index (κ2) is 6.25. The van der Waals surface area contributed by atoms with Crippen molar-refractivity contribution >= 4 is 10.1 Å². The lowest BCUT2D eigenvalue weighted by atomic mass is 9.84. The summed E-state index contributed by atoms with van der Waals surface area (Å²) in [4.78, 5) is 0. The second-order valence-electron chi connectivity index (χ2n) is 5.18. The molecule has 0 radical (unpaired) electrons. The molecular weight excluding hydrogens is 305 g/mol. The summed E-state index contributed by atoms with van der Waals surface area (Å²) in [5, 5.41) is -4.54. The predicted octanol–water partition coefficient (Wildman–Crippen LogP) is 4.01. The van der Waals surface area contributed by atoms with Gasteiger partial charge in [0, 0.05) is 0 Å². The van der Waals surface area contributed by atoms with Crippen molar-refractivity contribution < 1.29 is 25.8 Å². The van der Waals surface area contributed by atoms with Gasteiger partial charge in [-0.25, -0.2) is 4.39 Å². The Bertz CT molecular complexity index is 581. The Morgan fingerprint density at radius 1 is 1.14 bits per heavy atom. The Kier molecular flexibility index (Phi) is 4.81. The normalized spacial score (nSPS) is 17.7. The summed E-state index contributed by atoms with van der Waals surface area (Å²) in [6.45, 7) is -2.30. The van der Waals surface area contributed by atoms with Crippen LogP contribution in [0.25, 0.3) is 0 Å². The van der Waals surface area contributed by atoms with Gasteiger partial charge in [-0.15, -0.1) is 0 Å². The van der Waals surface area contributed by atoms with E-state index in [0.717, 1.165) is 32.1 Å². The van der Waals surface area contributed by atoms with Crippen molar-refractivity contribution in [3.05, 3.63) is 29.8 Å². The van der Waals surface area contributed by atoms with Gasteiger partial charge in [0.15, 0.2) is 6.67 Å². The number of alkyl halides is 3. The molecule has 0 aromatic heterocycles. The van der Waals surface area contributed by atoms with Crippen molar-refractivity contribution in [3.8, 4) is 5.75 Å². The lowest BCUT2D eigenvalue weighted by molar-refractivity contribution is 0.0538. The Labute approximate surface area is 122 Å². The third kappa shape index (κ3) is 3.51. The highest BCUT2D eigenvalue weighted by atomic mass is 32.2. The van der Waals surface area contributed by atoms with Crippen molar-refractivity contribution in [3.63, 3.8) is 0 Å². The first-order valence-electron chi connectivity index (χ1n) is 6.84. The summed E-state index contributed by atoms with van der Waals surface area (Å²) in [5.41, 5.74) is 0.593. The van der Waals surface area contributed by atoms with Crippen molar-refractivity contribution in [1.29, 1.82) is 0 Å². The molecule has 0 saturated heterocycles. The SMILES string of the molecule is O=S(=O)(Oc1ccccc1C1CCCCC1)C(F)(F)CF. The molecule has 7 heteroatoms. The lowest BCUT2D eigenvalue weighted by Gasteiger charge is -2.24. The maximum atomic E-state index is 13.1. The van der Waals surface area contributed by atoms with Crippen LogP contribution in [0.3, 0.4) is 0 Å². The van der Waals surface area contributed by atoms with Crippen LogP contribution in [0.1, 0.15) is 43.6 Å². The third-order valence-electron chi connectivity index (χ3n) is 3.68. The van der Waals surface area contributed by atoms with Crippen LogP contribution in [0.15, 0.2) is 24.3 Å². The van der Waals surface area contributed by atoms with Crippen LogP contribution in [0.4, 0.5) is 13.2 Å². The van der Waals surface area contributed by atoms with Crippen molar-refractivity contribution in [2.75, 3.05) is 6.67 Å². The molecule has 1 saturated carbocycles. The van der Waals surface area contributed by atoms with Crippen LogP contribution >= 0.6 is 0 Å². The number of benzene rings is 1. The second-order valence-corrected chi connectivity index (χ2v) is 6.85. The van der Waals surface area contributed by atoms with E-state index in [1.54, 1.807) is 12.1 Å². The summed E-state index contributed by atoms with van der Waals surface area (Å²) in [6.07, 6.45) is 4.84. The molecule has 1 fully saturated rings. The zero-order valence-corrected chi connectivity index (χ0v) is 12.2. The number of hydrogen-bond donors (Lipinski definition) is 0. The van der Waals surface area contributed by atoms with Gasteiger partial charge >= 0.3 is 15.4 Å². The maximum absolute atomic E-state index is 13.1. The molecule has 0 amide bonds. The lowest BCUT2D eigenvalue weighted by Crippen LogP contribution is -2.35. The van der Waals surface area contributed by atoms with E-state index in [2.05, 4.69) is 4.18 Å². The smallest absolute Gasteiger partial charge is 0.378 e. The highest BCUT2D eigenvalue weighted by Gasteiger charge is 2.48. The topological polar surface area (TPSA) is 43.4 Å². The van der Waals surface area contributed by atoms with Crippen LogP contribution in [0.5, 0.6) is 5.75 Å². The summed E-state index contributed by atoms with van der Waals surface area (Å²) in [6, 6.07) is 6.21. The van der Waals surface area contributed by atoms with Gasteiger partial charge in [0.1, 0.15) is 5.75 Å². The van der Waals surface area contributed by atoms with Crippen LogP contribution < -0.4 is 4.18 Å². The van der Waals surface area contributed by atoms with Crippen molar-refractivity contribution in [2.45, 2.75) is 43.3 Å². The minimum absolute atomic E-state index is 0.0872. The number of rotatable bonds is 5. The third-order valence-corrected chi connectivity index (χ3v) is 4.92. The molecule has 1 aromatic rings. The maximum Gasteiger partial charge on any atom is 0.407 e. The minimum atomic E-state index is -5.33. The van der Waals surface area contributed by atoms with E-state index in [1.165, 1.54) is 12.1 Å². The summed E-state index contributed by atoms with van der Waals surface area (Å²) < 4.78 is 65.9. The molecule has 0 spiro atoms. The summed E-state index contributed by atoms with van der Waals surface area (Å²) >= 11 is 0. The first-order valence-corrected chi connectivity index (χ1v) is 8.25. The first-order chi connectivity index (χ1) is 9.87. The molecule has 0 atom stereocenters. The Morgan fingerprint density at radius 3 is 2.38 bits per heavy atom. The van der Waals surface area contributed by atoms with Gasteiger partial charge in [-0.1, -0.05) is 37.5 Å². The molecule has 0 heterocycles. The fourth-order valence-corrected chi connectivity index (χ4v) is 3.20. The van der Waals surface area contributed by atoms with Crippen LogP contribution in [0, 0.1) is 0 Å². The van der Waals surface area contributed by atoms with E-state index in [-0.39, 0.29) is 11.7 Å². The largest absolute Gasteiger partial charge is 0.407 e. The molecular formula is C14H17F3O3S. The fourth-order valence-electron chi connectivity index (χ4n) is 2.55. The molecule has 1 aliphatic rings. The molecule has 2 rings (SSSR count). The standard InChI is InChI=1S/C14H17F3O3S/c15-10-14(16,17)21(18,19)20-13-9-5-4-8-12(13)11-6-2-1-3-7-11/h4-5,8-9,11H,1-3,6-7,10H2. The van der Waals surface area contributed by atoms with E-state index in [0.29, 0.717) is 5.56 Å². The van der Waals surface area contributed by atoms with Crippen molar-refractivity contribution in [1.82, 2.24) is 0 Å². The molecule has 118 valence electrons. The highest BCUT2D eigenvalue weighted by Crippen LogP contribution is 2.38. The molecule has 0 aliphatic heterocycles. The predicted molar refractivity (Wildman–Crippen MR) is 72.7 cm³/mol.